The first-order valence-electron chi connectivity index (χ1n) is 7.05. The Bertz CT molecular complexity index is 429. The van der Waals surface area contributed by atoms with Crippen molar-refractivity contribution < 1.29 is 9.18 Å². The van der Waals surface area contributed by atoms with E-state index in [-0.39, 0.29) is 17.6 Å². The molecule has 0 bridgehead atoms. The number of rotatable bonds is 4. The fourth-order valence-corrected chi connectivity index (χ4v) is 2.92. The summed E-state index contributed by atoms with van der Waals surface area (Å²) >= 11 is 0. The summed E-state index contributed by atoms with van der Waals surface area (Å²) in [5, 5.41) is 0. The summed E-state index contributed by atoms with van der Waals surface area (Å²) in [6.07, 6.45) is 2.95. The van der Waals surface area contributed by atoms with Crippen LogP contribution in [0.3, 0.4) is 0 Å². The van der Waals surface area contributed by atoms with Gasteiger partial charge in [0.15, 0.2) is 0 Å². The molecule has 0 amide bonds. The SMILES string of the molecule is CC(=O)CC(c1ccc(F)cc1)N1CCCC(C)C1. The normalized spacial score (nSPS) is 22.2. The van der Waals surface area contributed by atoms with Gasteiger partial charge >= 0.3 is 0 Å². The minimum atomic E-state index is -0.225. The maximum absolute atomic E-state index is 13.0. The fourth-order valence-electron chi connectivity index (χ4n) is 2.92. The number of hydrogen-bond donors (Lipinski definition) is 0. The third kappa shape index (κ3) is 3.87. The molecule has 3 heteroatoms. The van der Waals surface area contributed by atoms with Crippen LogP contribution in [-0.2, 0) is 4.79 Å². The van der Waals surface area contributed by atoms with Crippen molar-refractivity contribution in [3.8, 4) is 0 Å². The lowest BCUT2D eigenvalue weighted by Gasteiger charge is -2.37. The molecule has 0 radical (unpaired) electrons. The van der Waals surface area contributed by atoms with Crippen molar-refractivity contribution in [3.05, 3.63) is 35.6 Å². The Morgan fingerprint density at radius 3 is 2.68 bits per heavy atom. The van der Waals surface area contributed by atoms with Gasteiger partial charge in [0, 0.05) is 19.0 Å². The maximum Gasteiger partial charge on any atom is 0.131 e. The zero-order chi connectivity index (χ0) is 13.8. The third-order valence-electron chi connectivity index (χ3n) is 3.86. The van der Waals surface area contributed by atoms with Gasteiger partial charge < -0.3 is 0 Å². The molecule has 0 aromatic heterocycles. The number of carbonyl (C=O) groups is 1. The molecule has 1 aromatic carbocycles. The van der Waals surface area contributed by atoms with E-state index in [0.29, 0.717) is 12.3 Å². The van der Waals surface area contributed by atoms with Gasteiger partial charge in [0.05, 0.1) is 0 Å². The van der Waals surface area contributed by atoms with Gasteiger partial charge in [0.25, 0.3) is 0 Å². The average Bonchev–Trinajstić information content (AvgIpc) is 2.37. The summed E-state index contributed by atoms with van der Waals surface area (Å²) in [6.45, 7) is 5.93. The predicted octanol–water partition coefficient (Wildman–Crippen LogP) is 3.58. The summed E-state index contributed by atoms with van der Waals surface area (Å²) in [5.74, 6) is 0.633. The molecule has 2 nitrogen and oxygen atoms in total. The molecule has 0 N–H and O–H groups in total. The van der Waals surface area contributed by atoms with Crippen LogP contribution in [-0.4, -0.2) is 23.8 Å². The van der Waals surface area contributed by atoms with E-state index < -0.39 is 0 Å². The Morgan fingerprint density at radius 2 is 2.11 bits per heavy atom. The highest BCUT2D eigenvalue weighted by atomic mass is 19.1. The number of benzene rings is 1. The van der Waals surface area contributed by atoms with E-state index >= 15 is 0 Å². The van der Waals surface area contributed by atoms with E-state index in [1.54, 1.807) is 6.92 Å². The minimum absolute atomic E-state index is 0.0980. The highest BCUT2D eigenvalue weighted by Crippen LogP contribution is 2.29. The number of piperidine rings is 1. The lowest BCUT2D eigenvalue weighted by Crippen LogP contribution is -2.38. The second kappa shape index (κ2) is 6.29. The molecule has 1 fully saturated rings. The second-order valence-corrected chi connectivity index (χ2v) is 5.72. The molecule has 0 saturated carbocycles. The van der Waals surface area contributed by atoms with E-state index in [1.165, 1.54) is 25.0 Å². The zero-order valence-corrected chi connectivity index (χ0v) is 11.7. The number of ketones is 1. The minimum Gasteiger partial charge on any atom is -0.300 e. The summed E-state index contributed by atoms with van der Waals surface area (Å²) in [5.41, 5.74) is 1.05. The van der Waals surface area contributed by atoms with Gasteiger partial charge in [-0.05, 0) is 49.9 Å². The monoisotopic (exact) mass is 263 g/mol. The van der Waals surface area contributed by atoms with Crippen LogP contribution in [0.4, 0.5) is 4.39 Å². The predicted molar refractivity (Wildman–Crippen MR) is 74.4 cm³/mol. The van der Waals surface area contributed by atoms with Gasteiger partial charge in [0.1, 0.15) is 11.6 Å². The Labute approximate surface area is 114 Å². The fraction of sp³-hybridized carbons (Fsp3) is 0.562. The van der Waals surface area contributed by atoms with Crippen LogP contribution in [0, 0.1) is 11.7 Å². The van der Waals surface area contributed by atoms with Crippen molar-refractivity contribution in [2.75, 3.05) is 13.1 Å². The molecule has 19 heavy (non-hydrogen) atoms. The lowest BCUT2D eigenvalue weighted by atomic mass is 9.94. The third-order valence-corrected chi connectivity index (χ3v) is 3.86. The van der Waals surface area contributed by atoms with Crippen LogP contribution < -0.4 is 0 Å². The van der Waals surface area contributed by atoms with Crippen LogP contribution >= 0.6 is 0 Å². The van der Waals surface area contributed by atoms with Crippen LogP contribution in [0.2, 0.25) is 0 Å². The summed E-state index contributed by atoms with van der Waals surface area (Å²) in [4.78, 5) is 13.9. The van der Waals surface area contributed by atoms with Crippen LogP contribution in [0.15, 0.2) is 24.3 Å². The van der Waals surface area contributed by atoms with Gasteiger partial charge in [-0.1, -0.05) is 19.1 Å². The van der Waals surface area contributed by atoms with Crippen molar-refractivity contribution in [1.82, 2.24) is 4.90 Å². The molecule has 1 saturated heterocycles. The highest BCUT2D eigenvalue weighted by molar-refractivity contribution is 5.76. The molecule has 2 atom stereocenters. The first kappa shape index (κ1) is 14.2. The van der Waals surface area contributed by atoms with E-state index in [1.807, 2.05) is 12.1 Å². The molecule has 1 heterocycles. The molecule has 2 unspecified atom stereocenters. The first-order valence-corrected chi connectivity index (χ1v) is 7.05. The smallest absolute Gasteiger partial charge is 0.131 e. The number of likely N-dealkylation sites (tertiary alicyclic amines) is 1. The Kier molecular flexibility index (Phi) is 4.70. The molecule has 2 rings (SSSR count). The van der Waals surface area contributed by atoms with Crippen molar-refractivity contribution in [2.24, 2.45) is 5.92 Å². The number of Topliss-reactive ketones (excluding diaryl/α,β-unsaturated/α-hetero) is 1. The lowest BCUT2D eigenvalue weighted by molar-refractivity contribution is -0.118. The molecular formula is C16H22FNO. The second-order valence-electron chi connectivity index (χ2n) is 5.72. The molecule has 0 spiro atoms. The number of hydrogen-bond acceptors (Lipinski definition) is 2. The van der Waals surface area contributed by atoms with Gasteiger partial charge in [-0.25, -0.2) is 4.39 Å². The van der Waals surface area contributed by atoms with Gasteiger partial charge in [-0.15, -0.1) is 0 Å². The van der Waals surface area contributed by atoms with Gasteiger partial charge in [-0.3, -0.25) is 9.69 Å². The van der Waals surface area contributed by atoms with Crippen LogP contribution in [0.1, 0.15) is 44.7 Å². The maximum atomic E-state index is 13.0. The van der Waals surface area contributed by atoms with Crippen molar-refractivity contribution in [1.29, 1.82) is 0 Å². The van der Waals surface area contributed by atoms with Crippen molar-refractivity contribution in [3.63, 3.8) is 0 Å². The first-order chi connectivity index (χ1) is 9.06. The zero-order valence-electron chi connectivity index (χ0n) is 11.7. The number of halogens is 1. The van der Waals surface area contributed by atoms with E-state index in [2.05, 4.69) is 11.8 Å². The quantitative estimate of drug-likeness (QED) is 0.827. The Balaban J connectivity index is 2.19. The number of nitrogens with zero attached hydrogens (tertiary/aromatic N) is 1. The van der Waals surface area contributed by atoms with Gasteiger partial charge in [0.2, 0.25) is 0 Å². The Morgan fingerprint density at radius 1 is 1.42 bits per heavy atom. The van der Waals surface area contributed by atoms with Crippen LogP contribution in [0.25, 0.3) is 0 Å². The van der Waals surface area contributed by atoms with E-state index in [0.717, 1.165) is 18.7 Å². The highest BCUT2D eigenvalue weighted by Gasteiger charge is 2.26. The molecule has 104 valence electrons. The summed E-state index contributed by atoms with van der Waals surface area (Å²) in [6, 6.07) is 6.68. The standard InChI is InChI=1S/C16H22FNO/c1-12-4-3-9-18(11-12)16(10-13(2)19)14-5-7-15(17)8-6-14/h5-8,12,16H,3-4,9-11H2,1-2H3. The molecule has 1 aromatic rings. The van der Waals surface area contributed by atoms with Gasteiger partial charge in [-0.2, -0.15) is 0 Å². The van der Waals surface area contributed by atoms with Crippen molar-refractivity contribution >= 4 is 5.78 Å². The van der Waals surface area contributed by atoms with Crippen molar-refractivity contribution in [2.45, 2.75) is 39.2 Å². The summed E-state index contributed by atoms with van der Waals surface area (Å²) in [7, 11) is 0. The van der Waals surface area contributed by atoms with E-state index in [4.69, 9.17) is 0 Å². The number of carbonyl (C=O) groups excluding carboxylic acids is 1. The molecular weight excluding hydrogens is 241 g/mol. The topological polar surface area (TPSA) is 20.3 Å². The largest absolute Gasteiger partial charge is 0.300 e. The molecule has 1 aliphatic heterocycles. The average molecular weight is 263 g/mol. The molecule has 0 aliphatic carbocycles. The Hall–Kier alpha value is -1.22. The summed E-state index contributed by atoms with van der Waals surface area (Å²) < 4.78 is 13.0. The molecule has 1 aliphatic rings. The van der Waals surface area contributed by atoms with E-state index in [9.17, 15) is 9.18 Å². The van der Waals surface area contributed by atoms with Crippen LogP contribution in [0.5, 0.6) is 0 Å².